The predicted octanol–water partition coefficient (Wildman–Crippen LogP) is 3.73. The number of hydrogen-bond acceptors (Lipinski definition) is 8. The fourth-order valence-corrected chi connectivity index (χ4v) is 12.0. The second-order valence-corrected chi connectivity index (χ2v) is 17.3. The Morgan fingerprint density at radius 3 is 2.18 bits per heavy atom. The quantitative estimate of drug-likeness (QED) is 0.198. The molecule has 0 bridgehead atoms. The van der Waals surface area contributed by atoms with E-state index in [1.807, 2.05) is 0 Å². The van der Waals surface area contributed by atoms with Crippen LogP contribution < -0.4 is 0 Å². The summed E-state index contributed by atoms with van der Waals surface area (Å²) in [5.41, 5.74) is -2.44. The van der Waals surface area contributed by atoms with Gasteiger partial charge in [0, 0.05) is 0 Å². The maximum atomic E-state index is 13.2. The highest BCUT2D eigenvalue weighted by molar-refractivity contribution is 5.78. The topological polar surface area (TPSA) is 174 Å². The highest BCUT2D eigenvalue weighted by Crippen LogP contribution is 2.76. The zero-order chi connectivity index (χ0) is 33.1. The minimum Gasteiger partial charge on any atom is -0.481 e. The lowest BCUT2D eigenvalue weighted by atomic mass is 9.33. The van der Waals surface area contributed by atoms with Crippen molar-refractivity contribution in [2.24, 2.45) is 50.2 Å². The molecule has 1 heterocycles. The highest BCUT2D eigenvalue weighted by atomic mass is 16.7. The number of fused-ring (bicyclic) bond motifs is 7. The first-order valence-electron chi connectivity index (χ1n) is 17.0. The third kappa shape index (κ3) is 4.34. The first-order valence-corrected chi connectivity index (χ1v) is 17.0. The molecule has 6 rings (SSSR count). The molecule has 0 amide bonds. The molecule has 10 heteroatoms. The Labute approximate surface area is 266 Å². The summed E-state index contributed by atoms with van der Waals surface area (Å²) in [5, 5.41) is 64.0. The molecular formula is C35H54O10. The molecule has 0 aromatic heterocycles. The van der Waals surface area contributed by atoms with Crippen molar-refractivity contribution in [3.05, 3.63) is 11.6 Å². The number of ether oxygens (including phenoxy) is 2. The average molecular weight is 635 g/mol. The standard InChI is InChI=1S/C35H54O10/c1-30(2)13-14-35(29(42)43)19(15-30)18-7-8-21-31(3)11-10-24(45-27-26(39)25(38)20(36)17-44-27)34(6,28(40)41)22(31)9-12-32(21,4)33(18,5)16-23(35)37/h7,19-27,36-39H,8-17H2,1-6H3,(H,40,41)(H,42,43)/t19-,20+,21+,22+,23+,24-,25-,26+,27-,31+,32+,33+,34-,35+/m0/s1. The van der Waals surface area contributed by atoms with E-state index in [1.54, 1.807) is 6.92 Å². The number of carboxylic acids is 2. The van der Waals surface area contributed by atoms with E-state index in [9.17, 15) is 40.2 Å². The van der Waals surface area contributed by atoms with Gasteiger partial charge in [0.15, 0.2) is 6.29 Å². The molecule has 6 N–H and O–H groups in total. The van der Waals surface area contributed by atoms with Gasteiger partial charge < -0.3 is 40.1 Å². The van der Waals surface area contributed by atoms with Gasteiger partial charge in [-0.3, -0.25) is 9.59 Å². The van der Waals surface area contributed by atoms with Crippen molar-refractivity contribution in [1.82, 2.24) is 0 Å². The molecule has 0 unspecified atom stereocenters. The molecule has 6 aliphatic rings. The molecule has 0 radical (unpaired) electrons. The van der Waals surface area contributed by atoms with Crippen LogP contribution >= 0.6 is 0 Å². The Morgan fingerprint density at radius 2 is 1.53 bits per heavy atom. The normalized spacial score (nSPS) is 54.0. The van der Waals surface area contributed by atoms with Crippen LogP contribution in [0, 0.1) is 50.2 Å². The van der Waals surface area contributed by atoms with Crippen LogP contribution in [0.15, 0.2) is 11.6 Å². The van der Waals surface area contributed by atoms with E-state index < -0.39 is 65.0 Å². The minimum absolute atomic E-state index is 0.0325. The van der Waals surface area contributed by atoms with Gasteiger partial charge in [0.2, 0.25) is 0 Å². The number of aliphatic hydroxyl groups excluding tert-OH is 4. The second-order valence-electron chi connectivity index (χ2n) is 17.3. The molecule has 5 fully saturated rings. The van der Waals surface area contributed by atoms with Gasteiger partial charge in [-0.15, -0.1) is 0 Å². The van der Waals surface area contributed by atoms with E-state index in [-0.39, 0.29) is 40.6 Å². The Balaban J connectivity index is 1.36. The molecule has 1 saturated heterocycles. The maximum absolute atomic E-state index is 13.2. The number of rotatable bonds is 4. The van der Waals surface area contributed by atoms with Crippen LogP contribution in [0.1, 0.15) is 99.3 Å². The van der Waals surface area contributed by atoms with Crippen molar-refractivity contribution >= 4 is 11.9 Å². The van der Waals surface area contributed by atoms with Crippen molar-refractivity contribution in [3.8, 4) is 0 Å². The lowest BCUT2D eigenvalue weighted by Crippen LogP contribution is -2.69. The summed E-state index contributed by atoms with van der Waals surface area (Å²) in [6.45, 7) is 12.7. The molecule has 254 valence electrons. The summed E-state index contributed by atoms with van der Waals surface area (Å²) in [4.78, 5) is 26.2. The van der Waals surface area contributed by atoms with Gasteiger partial charge in [0.05, 0.1) is 24.2 Å². The van der Waals surface area contributed by atoms with Gasteiger partial charge in [-0.05, 0) is 104 Å². The van der Waals surface area contributed by atoms with E-state index in [1.165, 1.54) is 5.57 Å². The third-order valence-electron chi connectivity index (χ3n) is 14.9. The summed E-state index contributed by atoms with van der Waals surface area (Å²) in [6.07, 6.45) is 0.607. The van der Waals surface area contributed by atoms with Gasteiger partial charge >= 0.3 is 11.9 Å². The summed E-state index contributed by atoms with van der Waals surface area (Å²) < 4.78 is 11.7. The molecule has 1 aliphatic heterocycles. The predicted molar refractivity (Wildman–Crippen MR) is 163 cm³/mol. The monoisotopic (exact) mass is 634 g/mol. The van der Waals surface area contributed by atoms with Gasteiger partial charge in [-0.2, -0.15) is 0 Å². The average Bonchev–Trinajstić information content (AvgIpc) is 2.94. The summed E-state index contributed by atoms with van der Waals surface area (Å²) in [6, 6.07) is 0. The number of allylic oxidation sites excluding steroid dienone is 2. The van der Waals surface area contributed by atoms with Crippen LogP contribution in [0.25, 0.3) is 0 Å². The molecule has 5 aliphatic carbocycles. The van der Waals surface area contributed by atoms with Crippen LogP contribution in [-0.4, -0.2) is 86.0 Å². The van der Waals surface area contributed by atoms with E-state index in [2.05, 4.69) is 40.7 Å². The molecule has 0 aromatic carbocycles. The number of carbonyl (C=O) groups is 2. The van der Waals surface area contributed by atoms with Gasteiger partial charge in [0.1, 0.15) is 23.7 Å². The lowest BCUT2D eigenvalue weighted by molar-refractivity contribution is -0.308. The summed E-state index contributed by atoms with van der Waals surface area (Å²) >= 11 is 0. The lowest BCUT2D eigenvalue weighted by Gasteiger charge is -2.71. The molecule has 10 nitrogen and oxygen atoms in total. The summed E-state index contributed by atoms with van der Waals surface area (Å²) in [5.74, 6) is -2.27. The van der Waals surface area contributed by atoms with Gasteiger partial charge in [-0.25, -0.2) is 0 Å². The number of carboxylic acid groups (broad SMARTS) is 2. The highest BCUT2D eigenvalue weighted by Gasteiger charge is 2.72. The molecule has 14 atom stereocenters. The van der Waals surface area contributed by atoms with E-state index in [0.29, 0.717) is 32.1 Å². The molecular weight excluding hydrogens is 580 g/mol. The second kappa shape index (κ2) is 10.5. The SMILES string of the molecule is CC1(C)CC[C@]2(C(=O)O)[C@H](O)C[C@]3(C)C(=CC[C@@H]4[C@@]5(C)CC[C@H](O[C@@H]6OC[C@@H](O)[C@H](O)[C@H]6O)[C@@](C)(C(=O)O)[C@@H]5CC[C@]43C)[C@@H]2C1. The number of aliphatic carboxylic acids is 2. The van der Waals surface area contributed by atoms with Crippen LogP contribution in [0.5, 0.6) is 0 Å². The van der Waals surface area contributed by atoms with E-state index in [4.69, 9.17) is 9.47 Å². The van der Waals surface area contributed by atoms with Crippen LogP contribution in [0.2, 0.25) is 0 Å². The number of aliphatic hydroxyl groups is 4. The van der Waals surface area contributed by atoms with Crippen LogP contribution in [0.4, 0.5) is 0 Å². The van der Waals surface area contributed by atoms with Crippen molar-refractivity contribution in [1.29, 1.82) is 0 Å². The Kier molecular flexibility index (Phi) is 7.76. The Morgan fingerprint density at radius 1 is 0.844 bits per heavy atom. The molecule has 0 spiro atoms. The van der Waals surface area contributed by atoms with E-state index >= 15 is 0 Å². The van der Waals surface area contributed by atoms with Crippen LogP contribution in [0.3, 0.4) is 0 Å². The minimum atomic E-state index is -1.50. The Bertz CT molecular complexity index is 1260. The van der Waals surface area contributed by atoms with Crippen molar-refractivity contribution in [2.45, 2.75) is 136 Å². The zero-order valence-corrected chi connectivity index (χ0v) is 27.7. The molecule has 0 aromatic rings. The molecule has 45 heavy (non-hydrogen) atoms. The first-order chi connectivity index (χ1) is 20.8. The maximum Gasteiger partial charge on any atom is 0.312 e. The smallest absolute Gasteiger partial charge is 0.312 e. The van der Waals surface area contributed by atoms with Crippen LogP contribution in [-0.2, 0) is 19.1 Å². The fraction of sp³-hybridized carbons (Fsp3) is 0.886. The van der Waals surface area contributed by atoms with Crippen molar-refractivity contribution in [3.63, 3.8) is 0 Å². The first kappa shape index (κ1) is 33.3. The fourth-order valence-electron chi connectivity index (χ4n) is 12.0. The van der Waals surface area contributed by atoms with Gasteiger partial charge in [-0.1, -0.05) is 46.3 Å². The van der Waals surface area contributed by atoms with Crippen molar-refractivity contribution in [2.75, 3.05) is 6.61 Å². The summed E-state index contributed by atoms with van der Waals surface area (Å²) in [7, 11) is 0. The van der Waals surface area contributed by atoms with E-state index in [0.717, 1.165) is 25.7 Å². The number of hydrogen-bond donors (Lipinski definition) is 6. The largest absolute Gasteiger partial charge is 0.481 e. The zero-order valence-electron chi connectivity index (χ0n) is 27.7. The third-order valence-corrected chi connectivity index (χ3v) is 14.9. The van der Waals surface area contributed by atoms with Crippen molar-refractivity contribution < 1.29 is 49.7 Å². The molecule has 4 saturated carbocycles. The van der Waals surface area contributed by atoms with Gasteiger partial charge in [0.25, 0.3) is 0 Å². The Hall–Kier alpha value is -1.56.